The molecule has 4 rings (SSSR count). The Morgan fingerprint density at radius 3 is 2.10 bits per heavy atom. The van der Waals surface area contributed by atoms with E-state index in [1.54, 1.807) is 4.90 Å². The summed E-state index contributed by atoms with van der Waals surface area (Å²) < 4.78 is 67.8. The molecule has 1 aromatic heterocycles. The molecule has 166 valence electrons. The molecule has 0 atom stereocenters. The van der Waals surface area contributed by atoms with Gasteiger partial charge in [-0.1, -0.05) is 0 Å². The minimum Gasteiger partial charge on any atom is -0.406 e. The molecule has 1 amide bonds. The Balaban J connectivity index is 1.44. The van der Waals surface area contributed by atoms with Crippen LogP contribution in [0.2, 0.25) is 0 Å². The van der Waals surface area contributed by atoms with Gasteiger partial charge in [-0.05, 0) is 55.7 Å². The number of amides is 1. The number of piperidine rings is 1. The number of carbonyl (C=O) groups is 1. The van der Waals surface area contributed by atoms with E-state index < -0.39 is 21.8 Å². The average Bonchev–Trinajstić information content (AvgIpc) is 3.04. The van der Waals surface area contributed by atoms with Crippen LogP contribution in [0, 0.1) is 5.41 Å². The number of nitrogens with zero attached hydrogens (tertiary/aromatic N) is 3. The van der Waals surface area contributed by atoms with Crippen molar-refractivity contribution in [2.45, 2.75) is 30.5 Å². The Bertz CT molecular complexity index is 1050. The normalized spacial score (nSPS) is 19.7. The standard InChI is InChI=1S/C20H20F3N3O4S/c21-20(22,23)30-16-3-1-15(2-4-16)26-14-9-19(18(26)27)7-12-25(13-8-19)31(28,29)17-5-10-24-11-6-17/h1-6,10-11H,7-9,12-14H2. The number of pyridine rings is 1. The molecule has 11 heteroatoms. The Morgan fingerprint density at radius 1 is 0.935 bits per heavy atom. The third kappa shape index (κ3) is 4.24. The maximum atomic E-state index is 13.2. The van der Waals surface area contributed by atoms with E-state index in [-0.39, 0.29) is 29.6 Å². The second-order valence-electron chi connectivity index (χ2n) is 7.62. The largest absolute Gasteiger partial charge is 0.573 e. The summed E-state index contributed by atoms with van der Waals surface area (Å²) in [7, 11) is -3.65. The molecule has 0 radical (unpaired) electrons. The lowest BCUT2D eigenvalue weighted by molar-refractivity contribution is -0.274. The van der Waals surface area contributed by atoms with Gasteiger partial charge >= 0.3 is 6.36 Å². The maximum absolute atomic E-state index is 13.2. The Morgan fingerprint density at radius 2 is 1.52 bits per heavy atom. The molecule has 0 saturated carbocycles. The van der Waals surface area contributed by atoms with Crippen molar-refractivity contribution in [2.24, 2.45) is 5.41 Å². The molecule has 0 unspecified atom stereocenters. The summed E-state index contributed by atoms with van der Waals surface area (Å²) in [6.07, 6.45) is -0.595. The van der Waals surface area contributed by atoms with Gasteiger partial charge in [-0.15, -0.1) is 13.2 Å². The third-order valence-corrected chi connectivity index (χ3v) is 7.77. The van der Waals surface area contributed by atoms with Crippen LogP contribution in [0.1, 0.15) is 19.3 Å². The summed E-state index contributed by atoms with van der Waals surface area (Å²) in [6.45, 7) is 0.876. The summed E-state index contributed by atoms with van der Waals surface area (Å²) >= 11 is 0. The Kier molecular flexibility index (Phi) is 5.42. The number of hydrogen-bond donors (Lipinski definition) is 0. The Labute approximate surface area is 177 Å². The second kappa shape index (κ2) is 7.79. The fourth-order valence-corrected chi connectivity index (χ4v) is 5.60. The van der Waals surface area contributed by atoms with Gasteiger partial charge in [0.2, 0.25) is 15.9 Å². The Hall–Kier alpha value is -2.66. The quantitative estimate of drug-likeness (QED) is 0.708. The predicted molar refractivity (Wildman–Crippen MR) is 105 cm³/mol. The molecule has 1 aromatic carbocycles. The number of aromatic nitrogens is 1. The molecule has 0 N–H and O–H groups in total. The number of ether oxygens (including phenoxy) is 1. The number of anilines is 1. The van der Waals surface area contributed by atoms with Crippen LogP contribution in [-0.2, 0) is 14.8 Å². The van der Waals surface area contributed by atoms with Gasteiger partial charge in [0.15, 0.2) is 0 Å². The lowest BCUT2D eigenvalue weighted by atomic mass is 9.77. The van der Waals surface area contributed by atoms with Gasteiger partial charge in [0.1, 0.15) is 5.75 Å². The lowest BCUT2D eigenvalue weighted by Gasteiger charge is -2.37. The molecule has 2 aromatic rings. The van der Waals surface area contributed by atoms with Crippen LogP contribution in [0.25, 0.3) is 0 Å². The van der Waals surface area contributed by atoms with E-state index in [2.05, 4.69) is 9.72 Å². The van der Waals surface area contributed by atoms with Crippen molar-refractivity contribution in [3.8, 4) is 5.75 Å². The molecule has 2 aliphatic heterocycles. The van der Waals surface area contributed by atoms with E-state index in [9.17, 15) is 26.4 Å². The van der Waals surface area contributed by atoms with Crippen LogP contribution in [-0.4, -0.2) is 49.6 Å². The van der Waals surface area contributed by atoms with E-state index in [4.69, 9.17) is 0 Å². The molecular weight excluding hydrogens is 435 g/mol. The molecule has 3 heterocycles. The topological polar surface area (TPSA) is 79.8 Å². The fourth-order valence-electron chi connectivity index (χ4n) is 4.17. The van der Waals surface area contributed by atoms with Crippen LogP contribution < -0.4 is 9.64 Å². The molecule has 2 fully saturated rings. The highest BCUT2D eigenvalue weighted by atomic mass is 32.2. The second-order valence-corrected chi connectivity index (χ2v) is 9.55. The molecule has 2 saturated heterocycles. The maximum Gasteiger partial charge on any atom is 0.573 e. The molecule has 1 spiro atoms. The van der Waals surface area contributed by atoms with Crippen LogP contribution in [0.3, 0.4) is 0 Å². The van der Waals surface area contributed by atoms with Crippen molar-refractivity contribution in [1.82, 2.24) is 9.29 Å². The first-order valence-corrected chi connectivity index (χ1v) is 11.1. The predicted octanol–water partition coefficient (Wildman–Crippen LogP) is 3.19. The number of carbonyl (C=O) groups excluding carboxylic acids is 1. The van der Waals surface area contributed by atoms with Gasteiger partial charge in [-0.3, -0.25) is 9.78 Å². The first-order valence-electron chi connectivity index (χ1n) is 9.69. The van der Waals surface area contributed by atoms with Gasteiger partial charge in [-0.2, -0.15) is 4.31 Å². The van der Waals surface area contributed by atoms with Gasteiger partial charge in [0.25, 0.3) is 0 Å². The lowest BCUT2D eigenvalue weighted by Crippen LogP contribution is -2.46. The zero-order valence-electron chi connectivity index (χ0n) is 16.4. The summed E-state index contributed by atoms with van der Waals surface area (Å²) in [5.74, 6) is -0.481. The van der Waals surface area contributed by atoms with Crippen molar-refractivity contribution in [1.29, 1.82) is 0 Å². The first-order chi connectivity index (χ1) is 14.6. The number of sulfonamides is 1. The van der Waals surface area contributed by atoms with Gasteiger partial charge < -0.3 is 9.64 Å². The highest BCUT2D eigenvalue weighted by Crippen LogP contribution is 2.44. The van der Waals surface area contributed by atoms with Crippen molar-refractivity contribution in [3.63, 3.8) is 0 Å². The van der Waals surface area contributed by atoms with Crippen molar-refractivity contribution < 1.29 is 31.1 Å². The molecule has 31 heavy (non-hydrogen) atoms. The smallest absolute Gasteiger partial charge is 0.406 e. The van der Waals surface area contributed by atoms with Gasteiger partial charge in [0, 0.05) is 37.7 Å². The molecule has 7 nitrogen and oxygen atoms in total. The van der Waals surface area contributed by atoms with Crippen molar-refractivity contribution >= 4 is 21.6 Å². The number of hydrogen-bond acceptors (Lipinski definition) is 5. The van der Waals surface area contributed by atoms with Crippen LogP contribution in [0.5, 0.6) is 5.75 Å². The summed E-state index contributed by atoms with van der Waals surface area (Å²) in [4.78, 5) is 18.7. The fraction of sp³-hybridized carbons (Fsp3) is 0.400. The average molecular weight is 455 g/mol. The zero-order valence-corrected chi connectivity index (χ0v) is 17.2. The number of benzene rings is 1. The van der Waals surface area contributed by atoms with Crippen LogP contribution in [0.15, 0.2) is 53.7 Å². The number of alkyl halides is 3. The van der Waals surface area contributed by atoms with E-state index >= 15 is 0 Å². The van der Waals surface area contributed by atoms with E-state index in [0.29, 0.717) is 31.5 Å². The van der Waals surface area contributed by atoms with Crippen LogP contribution in [0.4, 0.5) is 18.9 Å². The number of halogens is 3. The van der Waals surface area contributed by atoms with Crippen molar-refractivity contribution in [2.75, 3.05) is 24.5 Å². The van der Waals surface area contributed by atoms with Gasteiger partial charge in [-0.25, -0.2) is 8.42 Å². The minimum atomic E-state index is -4.78. The number of rotatable bonds is 4. The summed E-state index contributed by atoms with van der Waals surface area (Å²) in [6, 6.07) is 8.06. The minimum absolute atomic E-state index is 0.127. The van der Waals surface area contributed by atoms with Crippen LogP contribution >= 0.6 is 0 Å². The first kappa shape index (κ1) is 21.6. The van der Waals surface area contributed by atoms with Crippen molar-refractivity contribution in [3.05, 3.63) is 48.8 Å². The molecular formula is C20H20F3N3O4S. The summed E-state index contributed by atoms with van der Waals surface area (Å²) in [5, 5.41) is 0. The van der Waals surface area contributed by atoms with E-state index in [1.165, 1.54) is 53.1 Å². The summed E-state index contributed by atoms with van der Waals surface area (Å²) in [5.41, 5.74) is -0.172. The zero-order chi connectivity index (χ0) is 22.3. The van der Waals surface area contributed by atoms with E-state index in [1.807, 2.05) is 0 Å². The highest BCUT2D eigenvalue weighted by Gasteiger charge is 2.49. The monoisotopic (exact) mass is 455 g/mol. The van der Waals surface area contributed by atoms with Gasteiger partial charge in [0.05, 0.1) is 10.3 Å². The molecule has 0 bridgehead atoms. The highest BCUT2D eigenvalue weighted by molar-refractivity contribution is 7.89. The van der Waals surface area contributed by atoms with E-state index in [0.717, 1.165) is 0 Å². The SMILES string of the molecule is O=C1N(c2ccc(OC(F)(F)F)cc2)CCC12CCN(S(=O)(=O)c1ccncc1)CC2. The molecule has 2 aliphatic rings. The molecule has 0 aliphatic carbocycles. The third-order valence-electron chi connectivity index (χ3n) is 5.86.